The lowest BCUT2D eigenvalue weighted by atomic mass is 9.76. The molecule has 0 aliphatic heterocycles. The molecule has 0 atom stereocenters. The number of hydrogen-bond donors (Lipinski definition) is 2. The highest BCUT2D eigenvalue weighted by Crippen LogP contribution is 2.20. The van der Waals surface area contributed by atoms with E-state index >= 15 is 0 Å². The van der Waals surface area contributed by atoms with Crippen LogP contribution in [0.2, 0.25) is 0 Å². The van der Waals surface area contributed by atoms with E-state index in [1.165, 1.54) is 11.3 Å². The Balaban J connectivity index is 2.48. The first-order valence-corrected chi connectivity index (χ1v) is 5.43. The van der Waals surface area contributed by atoms with Crippen molar-refractivity contribution in [3.05, 3.63) is 35.3 Å². The van der Waals surface area contributed by atoms with Crippen LogP contribution in [-0.2, 0) is 0 Å². The molecule has 0 radical (unpaired) electrons. The molecule has 2 aromatic rings. The Morgan fingerprint density at radius 3 is 2.73 bits per heavy atom. The molecular weight excluding hydrogens is 209 g/mol. The van der Waals surface area contributed by atoms with Crippen LogP contribution in [-0.4, -0.2) is 22.2 Å². The van der Waals surface area contributed by atoms with Crippen molar-refractivity contribution < 1.29 is 10.0 Å². The van der Waals surface area contributed by atoms with E-state index in [0.717, 1.165) is 16.1 Å². The van der Waals surface area contributed by atoms with Gasteiger partial charge in [0.05, 0.1) is 0 Å². The van der Waals surface area contributed by atoms with Gasteiger partial charge < -0.3 is 10.0 Å². The van der Waals surface area contributed by atoms with Crippen molar-refractivity contribution in [3.63, 3.8) is 0 Å². The van der Waals surface area contributed by atoms with Crippen LogP contribution in [0.1, 0.15) is 5.56 Å². The summed E-state index contributed by atoms with van der Waals surface area (Å²) in [6.45, 7) is 1.85. The third-order valence-corrected chi connectivity index (χ3v) is 3.06. The predicted molar refractivity (Wildman–Crippen MR) is 62.1 cm³/mol. The first-order chi connectivity index (χ1) is 7.18. The van der Waals surface area contributed by atoms with Crippen LogP contribution in [0.15, 0.2) is 29.8 Å². The van der Waals surface area contributed by atoms with E-state index in [2.05, 4.69) is 4.98 Å². The summed E-state index contributed by atoms with van der Waals surface area (Å²) in [7, 11) is -1.43. The summed E-state index contributed by atoms with van der Waals surface area (Å²) in [6.07, 6.45) is 1.73. The predicted octanol–water partition coefficient (Wildman–Crippen LogP) is 0.798. The van der Waals surface area contributed by atoms with Crippen molar-refractivity contribution >= 4 is 23.9 Å². The minimum atomic E-state index is -1.43. The normalized spacial score (nSPS) is 10.3. The summed E-state index contributed by atoms with van der Waals surface area (Å²) >= 11 is 1.53. The first-order valence-electron chi connectivity index (χ1n) is 4.55. The van der Waals surface area contributed by atoms with Crippen LogP contribution >= 0.6 is 11.3 Å². The topological polar surface area (TPSA) is 53.4 Å². The van der Waals surface area contributed by atoms with Gasteiger partial charge in [-0.3, -0.25) is 0 Å². The molecule has 0 bridgehead atoms. The van der Waals surface area contributed by atoms with Gasteiger partial charge in [0.2, 0.25) is 0 Å². The average molecular weight is 219 g/mol. The van der Waals surface area contributed by atoms with Gasteiger partial charge in [-0.25, -0.2) is 4.98 Å². The van der Waals surface area contributed by atoms with Crippen molar-refractivity contribution in [1.29, 1.82) is 0 Å². The second kappa shape index (κ2) is 4.14. The van der Waals surface area contributed by atoms with E-state index in [-0.39, 0.29) is 0 Å². The fourth-order valence-electron chi connectivity index (χ4n) is 1.42. The Kier molecular flexibility index (Phi) is 2.86. The highest BCUT2D eigenvalue weighted by molar-refractivity contribution is 7.13. The summed E-state index contributed by atoms with van der Waals surface area (Å²) in [5, 5.41) is 21.1. The number of aryl methyl sites for hydroxylation is 1. The van der Waals surface area contributed by atoms with Crippen molar-refractivity contribution in [3.8, 4) is 10.6 Å². The maximum atomic E-state index is 9.17. The molecule has 1 heterocycles. The van der Waals surface area contributed by atoms with Crippen LogP contribution in [0.5, 0.6) is 0 Å². The highest BCUT2D eigenvalue weighted by atomic mass is 32.1. The monoisotopic (exact) mass is 219 g/mol. The van der Waals surface area contributed by atoms with Gasteiger partial charge in [0.15, 0.2) is 0 Å². The van der Waals surface area contributed by atoms with E-state index in [1.54, 1.807) is 12.3 Å². The van der Waals surface area contributed by atoms with Gasteiger partial charge in [-0.15, -0.1) is 11.3 Å². The van der Waals surface area contributed by atoms with Crippen LogP contribution < -0.4 is 5.46 Å². The van der Waals surface area contributed by atoms with Gasteiger partial charge in [-0.2, -0.15) is 0 Å². The number of thiazole rings is 1. The minimum Gasteiger partial charge on any atom is -0.423 e. The Hall–Kier alpha value is -1.17. The molecule has 0 amide bonds. The lowest BCUT2D eigenvalue weighted by Gasteiger charge is -2.06. The lowest BCUT2D eigenvalue weighted by Crippen LogP contribution is -2.32. The standard InChI is InChI=1S/C10H10BNO2S/c1-7-2-3-8(6-9(7)11(13)14)10-12-4-5-15-10/h2-6,13-14H,1H3. The van der Waals surface area contributed by atoms with Crippen molar-refractivity contribution in [2.45, 2.75) is 6.92 Å². The zero-order chi connectivity index (χ0) is 10.8. The zero-order valence-electron chi connectivity index (χ0n) is 8.21. The third-order valence-electron chi connectivity index (χ3n) is 2.24. The lowest BCUT2D eigenvalue weighted by molar-refractivity contribution is 0.425. The Morgan fingerprint density at radius 1 is 1.33 bits per heavy atom. The Morgan fingerprint density at radius 2 is 2.13 bits per heavy atom. The largest absolute Gasteiger partial charge is 0.488 e. The van der Waals surface area contributed by atoms with Gasteiger partial charge in [0.25, 0.3) is 0 Å². The number of nitrogens with zero attached hydrogens (tertiary/aromatic N) is 1. The molecule has 0 aliphatic carbocycles. The number of benzene rings is 1. The Labute approximate surface area is 92.2 Å². The molecule has 5 heteroatoms. The molecule has 0 aliphatic rings. The second-order valence-corrected chi connectivity index (χ2v) is 4.18. The van der Waals surface area contributed by atoms with Gasteiger partial charge in [0, 0.05) is 17.1 Å². The molecule has 0 saturated carbocycles. The van der Waals surface area contributed by atoms with E-state index in [1.807, 2.05) is 24.4 Å². The van der Waals surface area contributed by atoms with Crippen LogP contribution in [0.3, 0.4) is 0 Å². The maximum Gasteiger partial charge on any atom is 0.488 e. The molecule has 2 rings (SSSR count). The van der Waals surface area contributed by atoms with Gasteiger partial charge in [0.1, 0.15) is 5.01 Å². The number of aromatic nitrogens is 1. The molecule has 1 aromatic heterocycles. The van der Waals surface area contributed by atoms with Crippen molar-refractivity contribution in [2.75, 3.05) is 0 Å². The molecule has 15 heavy (non-hydrogen) atoms. The summed E-state index contributed by atoms with van der Waals surface area (Å²) in [6, 6.07) is 5.56. The summed E-state index contributed by atoms with van der Waals surface area (Å²) in [5.41, 5.74) is 2.31. The first kappa shape index (κ1) is 10.4. The van der Waals surface area contributed by atoms with E-state index in [4.69, 9.17) is 10.0 Å². The molecule has 0 unspecified atom stereocenters. The molecule has 1 aromatic carbocycles. The fraction of sp³-hybridized carbons (Fsp3) is 0.100. The summed E-state index contributed by atoms with van der Waals surface area (Å²) in [4.78, 5) is 4.17. The zero-order valence-corrected chi connectivity index (χ0v) is 9.03. The van der Waals surface area contributed by atoms with Gasteiger partial charge >= 0.3 is 7.12 Å². The van der Waals surface area contributed by atoms with Gasteiger partial charge in [-0.1, -0.05) is 23.8 Å². The van der Waals surface area contributed by atoms with E-state index < -0.39 is 7.12 Å². The van der Waals surface area contributed by atoms with E-state index in [0.29, 0.717) is 5.46 Å². The van der Waals surface area contributed by atoms with Gasteiger partial charge in [-0.05, 0) is 12.4 Å². The molecule has 0 fully saturated rings. The summed E-state index contributed by atoms with van der Waals surface area (Å²) in [5.74, 6) is 0. The quantitative estimate of drug-likeness (QED) is 0.734. The van der Waals surface area contributed by atoms with Crippen molar-refractivity contribution in [1.82, 2.24) is 4.98 Å². The number of rotatable bonds is 2. The maximum absolute atomic E-state index is 9.17. The molecule has 0 spiro atoms. The molecule has 3 nitrogen and oxygen atoms in total. The smallest absolute Gasteiger partial charge is 0.423 e. The molecule has 2 N–H and O–H groups in total. The Bertz CT molecular complexity index is 456. The molecule has 0 saturated heterocycles. The number of hydrogen-bond acceptors (Lipinski definition) is 4. The molecule has 76 valence electrons. The highest BCUT2D eigenvalue weighted by Gasteiger charge is 2.15. The second-order valence-electron chi connectivity index (χ2n) is 3.28. The van der Waals surface area contributed by atoms with Crippen LogP contribution in [0, 0.1) is 6.92 Å². The third kappa shape index (κ3) is 2.09. The SMILES string of the molecule is Cc1ccc(-c2nccs2)cc1B(O)O. The average Bonchev–Trinajstić information content (AvgIpc) is 2.71. The van der Waals surface area contributed by atoms with Crippen LogP contribution in [0.25, 0.3) is 10.6 Å². The minimum absolute atomic E-state index is 0.530. The summed E-state index contributed by atoms with van der Waals surface area (Å²) < 4.78 is 0. The molecular formula is C10H10BNO2S. The fourth-order valence-corrected chi connectivity index (χ4v) is 2.05. The van der Waals surface area contributed by atoms with Crippen molar-refractivity contribution in [2.24, 2.45) is 0 Å². The van der Waals surface area contributed by atoms with Crippen LogP contribution in [0.4, 0.5) is 0 Å². The van der Waals surface area contributed by atoms with E-state index in [9.17, 15) is 0 Å².